The molecule has 3 rings (SSSR count). The van der Waals surface area contributed by atoms with Crippen LogP contribution in [0.4, 0.5) is 0 Å². The number of rotatable bonds is 10. The van der Waals surface area contributed by atoms with E-state index in [2.05, 4.69) is 21.3 Å². The Morgan fingerprint density at radius 2 is 1.00 bits per heavy atom. The van der Waals surface area contributed by atoms with Crippen molar-refractivity contribution < 1.29 is 18.7 Å². The van der Waals surface area contributed by atoms with Gasteiger partial charge in [0.25, 0.3) is 11.8 Å². The van der Waals surface area contributed by atoms with Gasteiger partial charge < -0.3 is 9.80 Å². The minimum absolute atomic E-state index is 0.0536. The van der Waals surface area contributed by atoms with Crippen molar-refractivity contribution in [1.82, 2.24) is 9.80 Å². The molecule has 1 aromatic carbocycles. The molecule has 6 nitrogen and oxygen atoms in total. The number of pyridine rings is 2. The molecule has 2 amide bonds. The van der Waals surface area contributed by atoms with Gasteiger partial charge in [-0.3, -0.25) is 9.59 Å². The van der Waals surface area contributed by atoms with Gasteiger partial charge in [-0.25, -0.2) is 0 Å². The van der Waals surface area contributed by atoms with Gasteiger partial charge in [0.1, 0.15) is 11.1 Å². The van der Waals surface area contributed by atoms with Crippen LogP contribution in [0.1, 0.15) is 59.5 Å². The van der Waals surface area contributed by atoms with Gasteiger partial charge in [-0.1, -0.05) is 24.3 Å². The SMILES string of the molecule is CCN(CC)C(=O)c1ccc[n+](Cc2ccccc2C[n+]2cccc(C(=O)N(CC)CC)c2)c1. The summed E-state index contributed by atoms with van der Waals surface area (Å²) in [6.45, 7) is 12.1. The molecule has 3 aromatic rings. The maximum Gasteiger partial charge on any atom is 0.259 e. The summed E-state index contributed by atoms with van der Waals surface area (Å²) in [6.07, 6.45) is 7.83. The number of hydrogen-bond donors (Lipinski definition) is 0. The van der Waals surface area contributed by atoms with Crippen molar-refractivity contribution in [3.63, 3.8) is 0 Å². The molecule has 0 radical (unpaired) electrons. The first-order valence-electron chi connectivity index (χ1n) is 12.1. The summed E-state index contributed by atoms with van der Waals surface area (Å²) in [6, 6.07) is 15.9. The summed E-state index contributed by atoms with van der Waals surface area (Å²) in [7, 11) is 0. The zero-order valence-corrected chi connectivity index (χ0v) is 20.8. The largest absolute Gasteiger partial charge is 0.339 e. The average molecular weight is 461 g/mol. The van der Waals surface area contributed by atoms with Crippen LogP contribution in [0.5, 0.6) is 0 Å². The zero-order valence-electron chi connectivity index (χ0n) is 20.8. The summed E-state index contributed by atoms with van der Waals surface area (Å²) >= 11 is 0. The molecular weight excluding hydrogens is 424 g/mol. The van der Waals surface area contributed by atoms with E-state index >= 15 is 0 Å². The highest BCUT2D eigenvalue weighted by Gasteiger charge is 2.19. The highest BCUT2D eigenvalue weighted by atomic mass is 16.2. The van der Waals surface area contributed by atoms with Crippen LogP contribution in [-0.2, 0) is 13.1 Å². The number of benzene rings is 1. The van der Waals surface area contributed by atoms with Gasteiger partial charge in [-0.15, -0.1) is 0 Å². The lowest BCUT2D eigenvalue weighted by Crippen LogP contribution is -2.39. The Morgan fingerprint density at radius 1 is 0.618 bits per heavy atom. The Balaban J connectivity index is 1.82. The lowest BCUT2D eigenvalue weighted by atomic mass is 10.1. The van der Waals surface area contributed by atoms with Crippen LogP contribution in [0.15, 0.2) is 73.3 Å². The van der Waals surface area contributed by atoms with Crippen molar-refractivity contribution in [2.75, 3.05) is 26.2 Å². The molecular formula is C28H36N4O2+2. The molecule has 0 aliphatic heterocycles. The minimum atomic E-state index is 0.0536. The van der Waals surface area contributed by atoms with Crippen LogP contribution in [0.3, 0.4) is 0 Å². The molecule has 0 aliphatic rings. The van der Waals surface area contributed by atoms with Gasteiger partial charge in [0, 0.05) is 49.4 Å². The maximum atomic E-state index is 12.8. The van der Waals surface area contributed by atoms with Gasteiger partial charge in [-0.05, 0) is 39.8 Å². The van der Waals surface area contributed by atoms with Crippen LogP contribution < -0.4 is 9.13 Å². The molecule has 0 saturated carbocycles. The molecule has 0 N–H and O–H groups in total. The van der Waals surface area contributed by atoms with Crippen molar-refractivity contribution in [1.29, 1.82) is 0 Å². The monoisotopic (exact) mass is 460 g/mol. The molecule has 0 bridgehead atoms. The Hall–Kier alpha value is -3.54. The molecule has 0 aliphatic carbocycles. The van der Waals surface area contributed by atoms with E-state index in [1.165, 1.54) is 11.1 Å². The Morgan fingerprint density at radius 3 is 1.35 bits per heavy atom. The molecule has 0 unspecified atom stereocenters. The van der Waals surface area contributed by atoms with Crippen LogP contribution >= 0.6 is 0 Å². The number of nitrogens with zero attached hydrogens (tertiary/aromatic N) is 4. The van der Waals surface area contributed by atoms with Crippen molar-refractivity contribution >= 4 is 11.8 Å². The molecule has 0 atom stereocenters. The van der Waals surface area contributed by atoms with Gasteiger partial charge in [0.15, 0.2) is 37.9 Å². The van der Waals surface area contributed by atoms with Crippen molar-refractivity contribution in [3.05, 3.63) is 95.6 Å². The average Bonchev–Trinajstić information content (AvgIpc) is 2.87. The Kier molecular flexibility index (Phi) is 8.91. The van der Waals surface area contributed by atoms with Crippen molar-refractivity contribution in [2.45, 2.75) is 40.8 Å². The standard InChI is InChI=1S/C28H36N4O2/c1-5-31(6-2)27(33)25-15-11-17-29(21-25)19-23-13-9-10-14-24(23)20-30-18-12-16-26(22-30)28(34)32(7-3)8-4/h9-18,21-22H,5-8,19-20H2,1-4H3/q+2. The first-order chi connectivity index (χ1) is 16.5. The highest BCUT2D eigenvalue weighted by Crippen LogP contribution is 2.10. The molecule has 2 aromatic heterocycles. The topological polar surface area (TPSA) is 48.4 Å². The molecule has 2 heterocycles. The maximum absolute atomic E-state index is 12.8. The summed E-state index contributed by atoms with van der Waals surface area (Å²) in [5.41, 5.74) is 3.74. The third-order valence-electron chi connectivity index (χ3n) is 6.14. The third-order valence-corrected chi connectivity index (χ3v) is 6.14. The van der Waals surface area contributed by atoms with Crippen molar-refractivity contribution in [2.24, 2.45) is 0 Å². The number of carbonyl (C=O) groups is 2. The van der Waals surface area contributed by atoms with Gasteiger partial charge in [-0.2, -0.15) is 9.13 Å². The number of amides is 2. The van der Waals surface area contributed by atoms with Crippen LogP contribution in [0.2, 0.25) is 0 Å². The molecule has 0 spiro atoms. The normalized spacial score (nSPS) is 10.7. The number of carbonyl (C=O) groups excluding carboxylic acids is 2. The van der Waals surface area contributed by atoms with Gasteiger partial charge in [0.05, 0.1) is 0 Å². The predicted octanol–water partition coefficient (Wildman–Crippen LogP) is 3.32. The lowest BCUT2D eigenvalue weighted by Gasteiger charge is -2.18. The van der Waals surface area contributed by atoms with E-state index in [-0.39, 0.29) is 11.8 Å². The highest BCUT2D eigenvalue weighted by molar-refractivity contribution is 5.94. The van der Waals surface area contributed by atoms with E-state index < -0.39 is 0 Å². The molecule has 0 fully saturated rings. The van der Waals surface area contributed by atoms with E-state index in [9.17, 15) is 9.59 Å². The summed E-state index contributed by atoms with van der Waals surface area (Å²) in [5.74, 6) is 0.107. The van der Waals surface area contributed by atoms with Gasteiger partial charge >= 0.3 is 0 Å². The zero-order chi connectivity index (χ0) is 24.5. The second-order valence-corrected chi connectivity index (χ2v) is 8.25. The van der Waals surface area contributed by atoms with Crippen LogP contribution in [0.25, 0.3) is 0 Å². The van der Waals surface area contributed by atoms with Gasteiger partial charge in [0.2, 0.25) is 0 Å². The third kappa shape index (κ3) is 6.07. The summed E-state index contributed by atoms with van der Waals surface area (Å²) in [4.78, 5) is 29.2. The Bertz CT molecular complexity index is 1030. The fourth-order valence-corrected chi connectivity index (χ4v) is 4.14. The Labute approximate surface area is 203 Å². The summed E-state index contributed by atoms with van der Waals surface area (Å²) < 4.78 is 4.11. The predicted molar refractivity (Wildman–Crippen MR) is 132 cm³/mol. The second-order valence-electron chi connectivity index (χ2n) is 8.25. The number of hydrogen-bond acceptors (Lipinski definition) is 2. The van der Waals surface area contributed by atoms with E-state index in [0.717, 1.165) is 0 Å². The fourth-order valence-electron chi connectivity index (χ4n) is 4.14. The lowest BCUT2D eigenvalue weighted by molar-refractivity contribution is -0.693. The van der Waals surface area contributed by atoms with Crippen molar-refractivity contribution in [3.8, 4) is 0 Å². The molecule has 6 heteroatoms. The van der Waals surface area contributed by atoms with E-state index in [1.807, 2.05) is 98.7 Å². The van der Waals surface area contributed by atoms with Crippen LogP contribution in [0, 0.1) is 0 Å². The second kappa shape index (κ2) is 12.1. The molecule has 0 saturated heterocycles. The quantitative estimate of drug-likeness (QED) is 0.436. The first kappa shape index (κ1) is 25.1. The summed E-state index contributed by atoms with van der Waals surface area (Å²) in [5, 5.41) is 0. The molecule has 34 heavy (non-hydrogen) atoms. The van der Waals surface area contributed by atoms with Crippen LogP contribution in [-0.4, -0.2) is 47.8 Å². The van der Waals surface area contributed by atoms with E-state index in [4.69, 9.17) is 0 Å². The fraction of sp³-hybridized carbons (Fsp3) is 0.357. The smallest absolute Gasteiger partial charge is 0.259 e. The molecule has 178 valence electrons. The number of aromatic nitrogens is 2. The minimum Gasteiger partial charge on any atom is -0.339 e. The first-order valence-corrected chi connectivity index (χ1v) is 12.1. The van der Waals surface area contributed by atoms with E-state index in [1.54, 1.807) is 0 Å². The van der Waals surface area contributed by atoms with E-state index in [0.29, 0.717) is 50.4 Å².